The number of methoxy groups -OCH3 is 1. The smallest absolute Gasteiger partial charge is 0.162 e. The summed E-state index contributed by atoms with van der Waals surface area (Å²) in [5, 5.41) is 13.4. The maximum Gasteiger partial charge on any atom is 0.162 e. The number of phenols is 1. The number of hydrogen-bond donors (Lipinski definition) is 2. The molecule has 2 rings (SSSR count). The molecule has 1 aromatic carbocycles. The summed E-state index contributed by atoms with van der Waals surface area (Å²) in [5.41, 5.74) is 0.866. The maximum absolute atomic E-state index is 10.0. The SMILES string of the molecule is COc1cccc(CN(C)CC2CNCCO2)c1O. The van der Waals surface area contributed by atoms with Gasteiger partial charge >= 0.3 is 0 Å². The van der Waals surface area contributed by atoms with Crippen LogP contribution in [-0.2, 0) is 11.3 Å². The second-order valence-electron chi connectivity index (χ2n) is 4.86. The van der Waals surface area contributed by atoms with E-state index in [2.05, 4.69) is 10.2 Å². The minimum Gasteiger partial charge on any atom is -0.504 e. The van der Waals surface area contributed by atoms with E-state index in [1.165, 1.54) is 0 Å². The van der Waals surface area contributed by atoms with Gasteiger partial charge in [0, 0.05) is 31.7 Å². The number of ether oxygens (including phenoxy) is 2. The Hall–Kier alpha value is -1.30. The summed E-state index contributed by atoms with van der Waals surface area (Å²) in [5.74, 6) is 0.737. The number of nitrogens with one attached hydrogen (secondary N) is 1. The van der Waals surface area contributed by atoms with Gasteiger partial charge in [0.25, 0.3) is 0 Å². The van der Waals surface area contributed by atoms with E-state index in [0.29, 0.717) is 12.3 Å². The molecule has 1 aromatic rings. The van der Waals surface area contributed by atoms with Gasteiger partial charge in [-0.15, -0.1) is 0 Å². The van der Waals surface area contributed by atoms with Gasteiger partial charge in [0.15, 0.2) is 11.5 Å². The van der Waals surface area contributed by atoms with Crippen LogP contribution in [0.25, 0.3) is 0 Å². The van der Waals surface area contributed by atoms with Crippen LogP contribution in [0.5, 0.6) is 11.5 Å². The van der Waals surface area contributed by atoms with Crippen LogP contribution in [-0.4, -0.2) is 56.5 Å². The first kappa shape index (κ1) is 14.1. The predicted molar refractivity (Wildman–Crippen MR) is 73.6 cm³/mol. The molecule has 1 aliphatic heterocycles. The molecule has 0 aromatic heterocycles. The van der Waals surface area contributed by atoms with Gasteiger partial charge in [-0.1, -0.05) is 12.1 Å². The Bertz CT molecular complexity index is 406. The summed E-state index contributed by atoms with van der Waals surface area (Å²) >= 11 is 0. The zero-order chi connectivity index (χ0) is 13.7. The third-order valence-electron chi connectivity index (χ3n) is 3.26. The van der Waals surface area contributed by atoms with E-state index in [1.54, 1.807) is 13.2 Å². The number of aromatic hydroxyl groups is 1. The Kier molecular flexibility index (Phi) is 5.01. The predicted octanol–water partition coefficient (Wildman–Crippen LogP) is 0.821. The quantitative estimate of drug-likeness (QED) is 0.826. The zero-order valence-electron chi connectivity index (χ0n) is 11.6. The van der Waals surface area contributed by atoms with Gasteiger partial charge in [0.05, 0.1) is 19.8 Å². The Morgan fingerprint density at radius 2 is 2.37 bits per heavy atom. The number of para-hydroxylation sites is 1. The third kappa shape index (κ3) is 3.83. The summed E-state index contributed by atoms with van der Waals surface area (Å²) < 4.78 is 10.8. The van der Waals surface area contributed by atoms with Gasteiger partial charge in [-0.3, -0.25) is 4.90 Å². The van der Waals surface area contributed by atoms with Crippen LogP contribution in [0.3, 0.4) is 0 Å². The molecule has 5 heteroatoms. The minimum atomic E-state index is 0.214. The number of morpholine rings is 1. The van der Waals surface area contributed by atoms with E-state index in [4.69, 9.17) is 9.47 Å². The Labute approximate surface area is 114 Å². The molecule has 0 bridgehead atoms. The van der Waals surface area contributed by atoms with E-state index in [0.717, 1.165) is 31.8 Å². The van der Waals surface area contributed by atoms with Crippen LogP contribution in [0.1, 0.15) is 5.56 Å². The molecule has 1 aliphatic rings. The van der Waals surface area contributed by atoms with E-state index in [1.807, 2.05) is 19.2 Å². The average Bonchev–Trinajstić information content (AvgIpc) is 2.42. The largest absolute Gasteiger partial charge is 0.504 e. The first-order valence-corrected chi connectivity index (χ1v) is 6.56. The standard InChI is InChI=1S/C14H22N2O3/c1-16(10-12-8-15-6-7-19-12)9-11-4-3-5-13(18-2)14(11)17/h3-5,12,15,17H,6-10H2,1-2H3. The monoisotopic (exact) mass is 266 g/mol. The molecule has 19 heavy (non-hydrogen) atoms. The average molecular weight is 266 g/mol. The van der Waals surface area contributed by atoms with Crippen molar-refractivity contribution in [2.45, 2.75) is 12.6 Å². The third-order valence-corrected chi connectivity index (χ3v) is 3.26. The van der Waals surface area contributed by atoms with Crippen LogP contribution in [0.15, 0.2) is 18.2 Å². The zero-order valence-corrected chi connectivity index (χ0v) is 11.6. The molecule has 0 aliphatic carbocycles. The van der Waals surface area contributed by atoms with Crippen LogP contribution < -0.4 is 10.1 Å². The number of phenolic OH excluding ortho intramolecular Hbond substituents is 1. The molecule has 0 spiro atoms. The molecule has 0 amide bonds. The van der Waals surface area contributed by atoms with Crippen LogP contribution in [0.2, 0.25) is 0 Å². The first-order valence-electron chi connectivity index (χ1n) is 6.56. The maximum atomic E-state index is 10.0. The van der Waals surface area contributed by atoms with Crippen molar-refractivity contribution >= 4 is 0 Å². The van der Waals surface area contributed by atoms with E-state index < -0.39 is 0 Å². The van der Waals surface area contributed by atoms with E-state index in [9.17, 15) is 5.11 Å². The van der Waals surface area contributed by atoms with E-state index >= 15 is 0 Å². The molecule has 106 valence electrons. The van der Waals surface area contributed by atoms with Crippen molar-refractivity contribution in [3.05, 3.63) is 23.8 Å². The van der Waals surface area contributed by atoms with Crippen molar-refractivity contribution in [1.82, 2.24) is 10.2 Å². The van der Waals surface area contributed by atoms with Crippen molar-refractivity contribution in [2.24, 2.45) is 0 Å². The number of benzene rings is 1. The molecule has 0 saturated carbocycles. The highest BCUT2D eigenvalue weighted by molar-refractivity contribution is 5.45. The Balaban J connectivity index is 1.92. The number of rotatable bonds is 5. The van der Waals surface area contributed by atoms with Crippen molar-refractivity contribution < 1.29 is 14.6 Å². The van der Waals surface area contributed by atoms with Gasteiger partial charge in [-0.25, -0.2) is 0 Å². The first-order chi connectivity index (χ1) is 9.20. The molecular weight excluding hydrogens is 244 g/mol. The van der Waals surface area contributed by atoms with Crippen molar-refractivity contribution in [3.8, 4) is 11.5 Å². The van der Waals surface area contributed by atoms with Crippen LogP contribution in [0, 0.1) is 0 Å². The number of nitrogens with zero attached hydrogens (tertiary/aromatic N) is 1. The molecule has 1 atom stereocenters. The van der Waals surface area contributed by atoms with Crippen molar-refractivity contribution in [1.29, 1.82) is 0 Å². The Morgan fingerprint density at radius 3 is 3.05 bits per heavy atom. The summed E-state index contributed by atoms with van der Waals surface area (Å²) in [7, 11) is 3.58. The van der Waals surface area contributed by atoms with Gasteiger partial charge in [-0.05, 0) is 13.1 Å². The molecular formula is C14H22N2O3. The summed E-state index contributed by atoms with van der Waals surface area (Å²) in [6.45, 7) is 4.08. The van der Waals surface area contributed by atoms with Crippen LogP contribution in [0.4, 0.5) is 0 Å². The lowest BCUT2D eigenvalue weighted by atomic mass is 10.1. The fourth-order valence-corrected chi connectivity index (χ4v) is 2.30. The molecule has 5 nitrogen and oxygen atoms in total. The second kappa shape index (κ2) is 6.75. The van der Waals surface area contributed by atoms with Crippen LogP contribution >= 0.6 is 0 Å². The molecule has 2 N–H and O–H groups in total. The van der Waals surface area contributed by atoms with Gasteiger partial charge in [-0.2, -0.15) is 0 Å². The lowest BCUT2D eigenvalue weighted by molar-refractivity contribution is 0.00874. The molecule has 1 unspecified atom stereocenters. The normalized spacial score (nSPS) is 19.6. The topological polar surface area (TPSA) is 54.0 Å². The summed E-state index contributed by atoms with van der Waals surface area (Å²) in [6, 6.07) is 5.56. The van der Waals surface area contributed by atoms with Crippen molar-refractivity contribution in [3.63, 3.8) is 0 Å². The molecule has 1 saturated heterocycles. The van der Waals surface area contributed by atoms with E-state index in [-0.39, 0.29) is 11.9 Å². The fraction of sp³-hybridized carbons (Fsp3) is 0.571. The summed E-state index contributed by atoms with van der Waals surface area (Å²) in [6.07, 6.45) is 0.214. The number of hydrogen-bond acceptors (Lipinski definition) is 5. The molecule has 0 radical (unpaired) electrons. The Morgan fingerprint density at radius 1 is 1.53 bits per heavy atom. The fourth-order valence-electron chi connectivity index (χ4n) is 2.30. The highest BCUT2D eigenvalue weighted by atomic mass is 16.5. The minimum absolute atomic E-state index is 0.214. The summed E-state index contributed by atoms with van der Waals surface area (Å²) in [4.78, 5) is 2.14. The molecule has 1 fully saturated rings. The van der Waals surface area contributed by atoms with Gasteiger partial charge in [0.1, 0.15) is 0 Å². The second-order valence-corrected chi connectivity index (χ2v) is 4.86. The van der Waals surface area contributed by atoms with Crippen molar-refractivity contribution in [2.75, 3.05) is 40.4 Å². The van der Waals surface area contributed by atoms with Gasteiger partial charge < -0.3 is 19.9 Å². The highest BCUT2D eigenvalue weighted by Gasteiger charge is 2.16. The number of likely N-dealkylation sites (N-methyl/N-ethyl adjacent to an activating group) is 1. The lowest BCUT2D eigenvalue weighted by Gasteiger charge is -2.28. The van der Waals surface area contributed by atoms with Gasteiger partial charge in [0.2, 0.25) is 0 Å². The highest BCUT2D eigenvalue weighted by Crippen LogP contribution is 2.29. The molecule has 1 heterocycles. The lowest BCUT2D eigenvalue weighted by Crippen LogP contribution is -2.44.